The molecule has 3 N–H and O–H groups in total. The molecule has 0 saturated carbocycles. The van der Waals surface area contributed by atoms with E-state index in [1.807, 2.05) is 18.3 Å². The molecular weight excluding hydrogens is 246 g/mol. The number of aliphatic hydroxyl groups excluding tert-OH is 1. The molecule has 0 aliphatic carbocycles. The molecule has 0 amide bonds. The van der Waals surface area contributed by atoms with Gasteiger partial charge in [0.1, 0.15) is 0 Å². The third-order valence-corrected chi connectivity index (χ3v) is 2.76. The van der Waals surface area contributed by atoms with Crippen molar-refractivity contribution in [3.8, 4) is 0 Å². The van der Waals surface area contributed by atoms with Crippen molar-refractivity contribution in [1.29, 1.82) is 0 Å². The van der Waals surface area contributed by atoms with Crippen LogP contribution in [-0.2, 0) is 0 Å². The minimum atomic E-state index is -0.383. The quantitative estimate of drug-likeness (QED) is 0.845. The van der Waals surface area contributed by atoms with Crippen molar-refractivity contribution in [3.05, 3.63) is 34.6 Å². The van der Waals surface area contributed by atoms with Crippen molar-refractivity contribution in [1.82, 2.24) is 9.61 Å². The summed E-state index contributed by atoms with van der Waals surface area (Å²) in [5.74, 6) is 0. The lowest BCUT2D eigenvalue weighted by Crippen LogP contribution is -2.14. The average molecular weight is 256 g/mol. The maximum absolute atomic E-state index is 8.98. The second-order valence-electron chi connectivity index (χ2n) is 3.04. The van der Waals surface area contributed by atoms with Gasteiger partial charge >= 0.3 is 0 Å². The van der Waals surface area contributed by atoms with Gasteiger partial charge in [-0.25, -0.2) is 4.52 Å². The molecule has 0 fully saturated rings. The molecular formula is C9H10BrN3O. The van der Waals surface area contributed by atoms with Crippen LogP contribution >= 0.6 is 15.9 Å². The number of nitrogens with zero attached hydrogens (tertiary/aromatic N) is 2. The lowest BCUT2D eigenvalue weighted by Gasteiger charge is -2.06. The van der Waals surface area contributed by atoms with E-state index in [4.69, 9.17) is 10.8 Å². The smallest absolute Gasteiger partial charge is 0.0852 e. The number of halogens is 1. The molecule has 0 bridgehead atoms. The summed E-state index contributed by atoms with van der Waals surface area (Å²) in [4.78, 5) is 0. The monoisotopic (exact) mass is 255 g/mol. The Balaban J connectivity index is 2.67. The first-order valence-electron chi connectivity index (χ1n) is 4.22. The molecule has 0 aliphatic rings. The first-order valence-corrected chi connectivity index (χ1v) is 5.01. The molecule has 0 aliphatic heterocycles. The number of nitrogens with two attached hydrogens (primary N) is 1. The number of fused-ring (bicyclic) bond motifs is 1. The highest BCUT2D eigenvalue weighted by molar-refractivity contribution is 9.10. The fourth-order valence-electron chi connectivity index (χ4n) is 1.39. The third kappa shape index (κ3) is 1.43. The van der Waals surface area contributed by atoms with E-state index in [0.717, 1.165) is 15.6 Å². The molecule has 1 atom stereocenters. The molecule has 74 valence electrons. The fraction of sp³-hybridized carbons (Fsp3) is 0.222. The SMILES string of the molecule is NC(CO)c1cnn2cccc(Br)c12. The van der Waals surface area contributed by atoms with Crippen molar-refractivity contribution in [2.45, 2.75) is 6.04 Å². The Kier molecular flexibility index (Phi) is 2.54. The van der Waals surface area contributed by atoms with Crippen molar-refractivity contribution >= 4 is 21.4 Å². The Morgan fingerprint density at radius 3 is 3.14 bits per heavy atom. The predicted octanol–water partition coefficient (Wildman–Crippen LogP) is 1.09. The van der Waals surface area contributed by atoms with Gasteiger partial charge in [0.15, 0.2) is 0 Å². The van der Waals surface area contributed by atoms with E-state index in [0.29, 0.717) is 0 Å². The minimum absolute atomic E-state index is 0.0807. The summed E-state index contributed by atoms with van der Waals surface area (Å²) in [6.07, 6.45) is 3.52. The Labute approximate surface area is 89.5 Å². The fourth-order valence-corrected chi connectivity index (χ4v) is 1.96. The molecule has 14 heavy (non-hydrogen) atoms. The summed E-state index contributed by atoms with van der Waals surface area (Å²) in [5, 5.41) is 13.1. The molecule has 1 unspecified atom stereocenters. The summed E-state index contributed by atoms with van der Waals surface area (Å²) >= 11 is 3.43. The van der Waals surface area contributed by atoms with Gasteiger partial charge in [-0.1, -0.05) is 0 Å². The van der Waals surface area contributed by atoms with E-state index < -0.39 is 0 Å². The average Bonchev–Trinajstić information content (AvgIpc) is 2.62. The van der Waals surface area contributed by atoms with Gasteiger partial charge in [-0.15, -0.1) is 0 Å². The summed E-state index contributed by atoms with van der Waals surface area (Å²) < 4.78 is 2.66. The Morgan fingerprint density at radius 1 is 1.64 bits per heavy atom. The number of aliphatic hydroxyl groups is 1. The van der Waals surface area contributed by atoms with Gasteiger partial charge in [0, 0.05) is 16.2 Å². The van der Waals surface area contributed by atoms with Crippen molar-refractivity contribution in [2.75, 3.05) is 6.61 Å². The van der Waals surface area contributed by atoms with Crippen LogP contribution in [-0.4, -0.2) is 21.3 Å². The highest BCUT2D eigenvalue weighted by atomic mass is 79.9. The van der Waals surface area contributed by atoms with Crippen molar-refractivity contribution in [3.63, 3.8) is 0 Å². The number of pyridine rings is 1. The first kappa shape index (κ1) is 9.64. The number of rotatable bonds is 2. The highest BCUT2D eigenvalue weighted by Gasteiger charge is 2.12. The Bertz CT molecular complexity index is 454. The van der Waals surface area contributed by atoms with Crippen LogP contribution in [0.2, 0.25) is 0 Å². The van der Waals surface area contributed by atoms with Crippen LogP contribution in [0.3, 0.4) is 0 Å². The standard InChI is InChI=1S/C9H10BrN3O/c10-7-2-1-3-13-9(7)6(4-12-13)8(11)5-14/h1-4,8,14H,5,11H2. The van der Waals surface area contributed by atoms with Gasteiger partial charge in [0.2, 0.25) is 0 Å². The first-order chi connectivity index (χ1) is 6.74. The van der Waals surface area contributed by atoms with Crippen LogP contribution in [0.1, 0.15) is 11.6 Å². The lowest BCUT2D eigenvalue weighted by atomic mass is 10.1. The number of hydrogen-bond donors (Lipinski definition) is 2. The van der Waals surface area contributed by atoms with Crippen LogP contribution in [0.15, 0.2) is 29.0 Å². The Hall–Kier alpha value is -0.910. The summed E-state index contributed by atoms with van der Waals surface area (Å²) in [6, 6.07) is 3.43. The molecule has 0 radical (unpaired) electrons. The number of hydrogen-bond acceptors (Lipinski definition) is 3. The van der Waals surface area contributed by atoms with Gasteiger partial charge in [-0.05, 0) is 28.1 Å². The van der Waals surface area contributed by atoms with Gasteiger partial charge in [-0.3, -0.25) is 0 Å². The van der Waals surface area contributed by atoms with E-state index in [-0.39, 0.29) is 12.6 Å². The zero-order valence-corrected chi connectivity index (χ0v) is 8.98. The summed E-state index contributed by atoms with van der Waals surface area (Å²) in [7, 11) is 0. The molecule has 2 rings (SSSR count). The molecule has 2 aromatic heterocycles. The van der Waals surface area contributed by atoms with Crippen molar-refractivity contribution in [2.24, 2.45) is 5.73 Å². The second-order valence-corrected chi connectivity index (χ2v) is 3.89. The van der Waals surface area contributed by atoms with E-state index >= 15 is 0 Å². The van der Waals surface area contributed by atoms with Gasteiger partial charge in [-0.2, -0.15) is 5.10 Å². The lowest BCUT2D eigenvalue weighted by molar-refractivity contribution is 0.268. The molecule has 2 heterocycles. The van der Waals surface area contributed by atoms with Crippen LogP contribution in [0.4, 0.5) is 0 Å². The second kappa shape index (κ2) is 3.68. The Morgan fingerprint density at radius 2 is 2.43 bits per heavy atom. The largest absolute Gasteiger partial charge is 0.394 e. The molecule has 2 aromatic rings. The molecule has 0 spiro atoms. The van der Waals surface area contributed by atoms with Crippen LogP contribution in [0, 0.1) is 0 Å². The molecule has 0 saturated heterocycles. The van der Waals surface area contributed by atoms with E-state index in [1.54, 1.807) is 10.7 Å². The van der Waals surface area contributed by atoms with Crippen LogP contribution in [0.5, 0.6) is 0 Å². The van der Waals surface area contributed by atoms with Crippen LogP contribution < -0.4 is 5.73 Å². The topological polar surface area (TPSA) is 63.5 Å². The zero-order valence-electron chi connectivity index (χ0n) is 7.39. The molecule has 5 heteroatoms. The predicted molar refractivity (Wildman–Crippen MR) is 56.9 cm³/mol. The summed E-state index contributed by atoms with van der Waals surface area (Å²) in [6.45, 7) is -0.0807. The van der Waals surface area contributed by atoms with E-state index in [2.05, 4.69) is 21.0 Å². The highest BCUT2D eigenvalue weighted by Crippen LogP contribution is 2.24. The van der Waals surface area contributed by atoms with E-state index in [1.165, 1.54) is 0 Å². The maximum Gasteiger partial charge on any atom is 0.0852 e. The normalized spacial score (nSPS) is 13.4. The van der Waals surface area contributed by atoms with Gasteiger partial charge in [0.05, 0.1) is 24.4 Å². The molecule has 4 nitrogen and oxygen atoms in total. The van der Waals surface area contributed by atoms with E-state index in [9.17, 15) is 0 Å². The number of aromatic nitrogens is 2. The maximum atomic E-state index is 8.98. The minimum Gasteiger partial charge on any atom is -0.394 e. The molecule has 0 aromatic carbocycles. The van der Waals surface area contributed by atoms with Crippen molar-refractivity contribution < 1.29 is 5.11 Å². The zero-order chi connectivity index (χ0) is 10.1. The van der Waals surface area contributed by atoms with Gasteiger partial charge < -0.3 is 10.8 Å². The summed E-state index contributed by atoms with van der Waals surface area (Å²) in [5.41, 5.74) is 7.51. The third-order valence-electron chi connectivity index (χ3n) is 2.12. The van der Waals surface area contributed by atoms with Gasteiger partial charge in [0.25, 0.3) is 0 Å². The van der Waals surface area contributed by atoms with Crippen LogP contribution in [0.25, 0.3) is 5.52 Å².